The van der Waals surface area contributed by atoms with Crippen molar-refractivity contribution in [1.29, 1.82) is 0 Å². The normalized spacial score (nSPS) is 10.9. The van der Waals surface area contributed by atoms with E-state index >= 15 is 0 Å². The highest BCUT2D eigenvalue weighted by Gasteiger charge is 2.14. The van der Waals surface area contributed by atoms with Gasteiger partial charge in [0, 0.05) is 12.1 Å². The first-order valence-corrected chi connectivity index (χ1v) is 8.27. The molecule has 3 aromatic rings. The van der Waals surface area contributed by atoms with Crippen molar-refractivity contribution in [2.24, 2.45) is 0 Å². The van der Waals surface area contributed by atoms with Crippen LogP contribution >= 0.6 is 0 Å². The molecule has 0 radical (unpaired) electrons. The minimum atomic E-state index is -0.765. The summed E-state index contributed by atoms with van der Waals surface area (Å²) in [6, 6.07) is 11.1. The third-order valence-corrected chi connectivity index (χ3v) is 3.57. The number of ether oxygens (including phenoxy) is 2. The Morgan fingerprint density at radius 2 is 1.85 bits per heavy atom. The predicted octanol–water partition coefficient (Wildman–Crippen LogP) is 4.76. The fraction of sp³-hybridized carbons (Fsp3) is 0.200. The van der Waals surface area contributed by atoms with Crippen LogP contribution in [-0.4, -0.2) is 17.2 Å². The summed E-state index contributed by atoms with van der Waals surface area (Å²) in [5.74, 6) is -1.21. The van der Waals surface area contributed by atoms with Crippen LogP contribution in [0.5, 0.6) is 5.75 Å². The van der Waals surface area contributed by atoms with Gasteiger partial charge in [0.25, 0.3) is 0 Å². The zero-order valence-corrected chi connectivity index (χ0v) is 14.7. The highest BCUT2D eigenvalue weighted by atomic mass is 19.1. The van der Waals surface area contributed by atoms with Crippen LogP contribution in [0, 0.1) is 11.6 Å². The van der Waals surface area contributed by atoms with E-state index in [-0.39, 0.29) is 24.0 Å². The average molecular weight is 373 g/mol. The summed E-state index contributed by atoms with van der Waals surface area (Å²) in [4.78, 5) is 12.1. The van der Waals surface area contributed by atoms with Gasteiger partial charge in [-0.2, -0.15) is 0 Å². The molecule has 3 rings (SSSR count). The summed E-state index contributed by atoms with van der Waals surface area (Å²) in [5, 5.41) is 3.74. The first-order valence-electron chi connectivity index (χ1n) is 8.27. The van der Waals surface area contributed by atoms with E-state index in [1.54, 1.807) is 24.3 Å². The Balaban J connectivity index is 1.62. The third-order valence-electron chi connectivity index (χ3n) is 3.57. The Labute approximate surface area is 154 Å². The zero-order chi connectivity index (χ0) is 19.4. The molecule has 7 heteroatoms. The van der Waals surface area contributed by atoms with E-state index < -0.39 is 17.6 Å². The van der Waals surface area contributed by atoms with Gasteiger partial charge in [-0.1, -0.05) is 5.16 Å². The molecule has 0 saturated carbocycles. The number of benzene rings is 2. The van der Waals surface area contributed by atoms with Crippen LogP contribution in [0.1, 0.15) is 29.9 Å². The van der Waals surface area contributed by atoms with E-state index in [0.717, 1.165) is 12.1 Å². The molecule has 0 unspecified atom stereocenters. The molecule has 0 aliphatic carbocycles. The number of nitrogens with zero attached hydrogens (tertiary/aromatic N) is 1. The van der Waals surface area contributed by atoms with Crippen LogP contribution in [0.25, 0.3) is 11.3 Å². The summed E-state index contributed by atoms with van der Waals surface area (Å²) in [6.07, 6.45) is 0.0371. The molecule has 1 heterocycles. The standard InChI is InChI=1S/C20H17F2NO4/c1-12(2)26-16-6-3-13(4-7-16)20(24)25-11-15-10-19(27-23-15)17-8-5-14(21)9-18(17)22/h3-10,12H,11H2,1-2H3. The topological polar surface area (TPSA) is 61.6 Å². The number of hydrogen-bond acceptors (Lipinski definition) is 5. The van der Waals surface area contributed by atoms with Crippen LogP contribution in [-0.2, 0) is 11.3 Å². The second kappa shape index (κ2) is 7.99. The number of carbonyl (C=O) groups is 1. The first kappa shape index (κ1) is 18.6. The lowest BCUT2D eigenvalue weighted by Crippen LogP contribution is -2.07. The van der Waals surface area contributed by atoms with Crippen molar-refractivity contribution >= 4 is 5.97 Å². The highest BCUT2D eigenvalue weighted by Crippen LogP contribution is 2.24. The molecule has 1 aromatic heterocycles. The van der Waals surface area contributed by atoms with E-state index in [0.29, 0.717) is 17.0 Å². The number of rotatable bonds is 6. The Morgan fingerprint density at radius 3 is 2.52 bits per heavy atom. The molecule has 2 aromatic carbocycles. The van der Waals surface area contributed by atoms with Crippen LogP contribution in [0.4, 0.5) is 8.78 Å². The highest BCUT2D eigenvalue weighted by molar-refractivity contribution is 5.89. The second-order valence-corrected chi connectivity index (χ2v) is 6.07. The SMILES string of the molecule is CC(C)Oc1ccc(C(=O)OCc2cc(-c3ccc(F)cc3F)on2)cc1. The minimum absolute atomic E-state index is 0.0371. The van der Waals surface area contributed by atoms with Crippen LogP contribution in [0.15, 0.2) is 53.1 Å². The van der Waals surface area contributed by atoms with Crippen molar-refractivity contribution in [3.05, 3.63) is 71.4 Å². The summed E-state index contributed by atoms with van der Waals surface area (Å²) in [5.41, 5.74) is 0.739. The van der Waals surface area contributed by atoms with E-state index in [1.165, 1.54) is 12.1 Å². The van der Waals surface area contributed by atoms with E-state index in [2.05, 4.69) is 5.16 Å². The summed E-state index contributed by atoms with van der Waals surface area (Å²) in [7, 11) is 0. The monoisotopic (exact) mass is 373 g/mol. The van der Waals surface area contributed by atoms with Gasteiger partial charge in [-0.15, -0.1) is 0 Å². The van der Waals surface area contributed by atoms with Crippen molar-refractivity contribution < 1.29 is 27.6 Å². The summed E-state index contributed by atoms with van der Waals surface area (Å²) >= 11 is 0. The predicted molar refractivity (Wildman–Crippen MR) is 93.2 cm³/mol. The molecular weight excluding hydrogens is 356 g/mol. The van der Waals surface area contributed by atoms with Crippen LogP contribution in [0.3, 0.4) is 0 Å². The molecule has 0 aliphatic rings. The van der Waals surface area contributed by atoms with Gasteiger partial charge in [0.15, 0.2) is 5.76 Å². The summed E-state index contributed by atoms with van der Waals surface area (Å²) in [6.45, 7) is 3.67. The molecule has 140 valence electrons. The van der Waals surface area contributed by atoms with Gasteiger partial charge >= 0.3 is 5.97 Å². The Kier molecular flexibility index (Phi) is 5.49. The Bertz CT molecular complexity index is 935. The molecule has 0 aliphatic heterocycles. The molecule has 0 saturated heterocycles. The minimum Gasteiger partial charge on any atom is -0.491 e. The van der Waals surface area contributed by atoms with Gasteiger partial charge in [0.2, 0.25) is 0 Å². The van der Waals surface area contributed by atoms with Crippen molar-refractivity contribution in [2.75, 3.05) is 0 Å². The number of esters is 1. The van der Waals surface area contributed by atoms with Crippen molar-refractivity contribution in [1.82, 2.24) is 5.16 Å². The lowest BCUT2D eigenvalue weighted by molar-refractivity contribution is 0.0464. The molecule has 0 spiro atoms. The molecule has 5 nitrogen and oxygen atoms in total. The molecule has 0 bridgehead atoms. The number of halogens is 2. The van der Waals surface area contributed by atoms with Gasteiger partial charge in [0.05, 0.1) is 17.2 Å². The van der Waals surface area contributed by atoms with Gasteiger partial charge in [-0.25, -0.2) is 13.6 Å². The van der Waals surface area contributed by atoms with Crippen molar-refractivity contribution in [2.45, 2.75) is 26.6 Å². The fourth-order valence-corrected chi connectivity index (χ4v) is 2.36. The smallest absolute Gasteiger partial charge is 0.338 e. The second-order valence-electron chi connectivity index (χ2n) is 6.07. The van der Waals surface area contributed by atoms with Gasteiger partial charge in [0.1, 0.15) is 29.7 Å². The van der Waals surface area contributed by atoms with E-state index in [4.69, 9.17) is 14.0 Å². The summed E-state index contributed by atoms with van der Waals surface area (Å²) < 4.78 is 42.5. The van der Waals surface area contributed by atoms with Crippen molar-refractivity contribution in [3.8, 4) is 17.1 Å². The maximum absolute atomic E-state index is 13.8. The molecule has 0 N–H and O–H groups in total. The molecular formula is C20H17F2NO4. The zero-order valence-electron chi connectivity index (χ0n) is 14.7. The largest absolute Gasteiger partial charge is 0.491 e. The number of hydrogen-bond donors (Lipinski definition) is 0. The Hall–Kier alpha value is -3.22. The maximum Gasteiger partial charge on any atom is 0.338 e. The van der Waals surface area contributed by atoms with Gasteiger partial charge < -0.3 is 14.0 Å². The lowest BCUT2D eigenvalue weighted by atomic mass is 10.1. The van der Waals surface area contributed by atoms with Gasteiger partial charge in [-0.05, 0) is 50.2 Å². The van der Waals surface area contributed by atoms with E-state index in [9.17, 15) is 13.6 Å². The first-order chi connectivity index (χ1) is 12.9. The molecule has 0 atom stereocenters. The van der Waals surface area contributed by atoms with Crippen LogP contribution < -0.4 is 4.74 Å². The quantitative estimate of drug-likeness (QED) is 0.583. The number of carbonyl (C=O) groups excluding carboxylic acids is 1. The van der Waals surface area contributed by atoms with Gasteiger partial charge in [-0.3, -0.25) is 0 Å². The molecule has 0 amide bonds. The van der Waals surface area contributed by atoms with Crippen molar-refractivity contribution in [3.63, 3.8) is 0 Å². The van der Waals surface area contributed by atoms with Crippen LogP contribution in [0.2, 0.25) is 0 Å². The molecule has 27 heavy (non-hydrogen) atoms. The molecule has 0 fully saturated rings. The Morgan fingerprint density at radius 1 is 1.11 bits per heavy atom. The third kappa shape index (κ3) is 4.69. The van der Waals surface area contributed by atoms with E-state index in [1.807, 2.05) is 13.8 Å². The lowest BCUT2D eigenvalue weighted by Gasteiger charge is -2.09. The maximum atomic E-state index is 13.8. The fourth-order valence-electron chi connectivity index (χ4n) is 2.36. The average Bonchev–Trinajstić information content (AvgIpc) is 3.08. The number of aromatic nitrogens is 1.